The standard InChI is InChI=1S/C14H17NO7S/c1-3-12(16)9-5-4-6-10(8(9)2)13(17)15-11(14(18)19)7-23(20,21)22/h4-6,11H,3,7H2,1-2H3,(H,15,17)(H,18,19)(H,20,21,22). The Morgan fingerprint density at radius 3 is 2.26 bits per heavy atom. The summed E-state index contributed by atoms with van der Waals surface area (Å²) in [7, 11) is -4.58. The molecule has 0 heterocycles. The third-order valence-corrected chi connectivity index (χ3v) is 3.94. The number of carboxylic acids is 1. The van der Waals surface area contributed by atoms with Crippen molar-refractivity contribution in [1.82, 2.24) is 5.32 Å². The molecule has 1 aromatic rings. The fourth-order valence-electron chi connectivity index (χ4n) is 2.00. The number of nitrogens with one attached hydrogen (secondary N) is 1. The highest BCUT2D eigenvalue weighted by atomic mass is 32.2. The predicted molar refractivity (Wildman–Crippen MR) is 81.1 cm³/mol. The van der Waals surface area contributed by atoms with Crippen LogP contribution in [0.2, 0.25) is 0 Å². The molecule has 1 unspecified atom stereocenters. The van der Waals surface area contributed by atoms with Crippen molar-refractivity contribution in [2.75, 3.05) is 5.75 Å². The van der Waals surface area contributed by atoms with Gasteiger partial charge in [-0.2, -0.15) is 8.42 Å². The highest BCUT2D eigenvalue weighted by molar-refractivity contribution is 7.85. The van der Waals surface area contributed by atoms with E-state index in [1.165, 1.54) is 19.1 Å². The first kappa shape index (κ1) is 18.8. The number of hydrogen-bond acceptors (Lipinski definition) is 5. The van der Waals surface area contributed by atoms with Gasteiger partial charge in [-0.15, -0.1) is 0 Å². The first-order chi connectivity index (χ1) is 10.6. The number of Topliss-reactive ketones (excluding diaryl/α,β-unsaturated/α-hetero) is 1. The van der Waals surface area contributed by atoms with Crippen molar-refractivity contribution in [2.45, 2.75) is 26.3 Å². The van der Waals surface area contributed by atoms with Gasteiger partial charge in [0.2, 0.25) is 0 Å². The topological polar surface area (TPSA) is 138 Å². The average Bonchev–Trinajstić information content (AvgIpc) is 2.44. The summed E-state index contributed by atoms with van der Waals surface area (Å²) in [4.78, 5) is 35.0. The van der Waals surface area contributed by atoms with Crippen LogP contribution in [0.5, 0.6) is 0 Å². The second-order valence-electron chi connectivity index (χ2n) is 4.87. The van der Waals surface area contributed by atoms with Crippen molar-refractivity contribution < 1.29 is 32.5 Å². The first-order valence-corrected chi connectivity index (χ1v) is 8.29. The number of rotatable bonds is 7. The van der Waals surface area contributed by atoms with Crippen LogP contribution in [0.1, 0.15) is 39.6 Å². The number of benzene rings is 1. The number of aliphatic carboxylic acids is 1. The zero-order chi connectivity index (χ0) is 17.8. The van der Waals surface area contributed by atoms with E-state index >= 15 is 0 Å². The first-order valence-electron chi connectivity index (χ1n) is 6.68. The fraction of sp³-hybridized carbons (Fsp3) is 0.357. The van der Waals surface area contributed by atoms with Crippen LogP contribution < -0.4 is 5.32 Å². The van der Waals surface area contributed by atoms with Crippen molar-refractivity contribution in [3.05, 3.63) is 34.9 Å². The highest BCUT2D eigenvalue weighted by Crippen LogP contribution is 2.16. The second-order valence-corrected chi connectivity index (χ2v) is 6.36. The molecule has 9 heteroatoms. The Kier molecular flexibility index (Phi) is 5.99. The van der Waals surface area contributed by atoms with Gasteiger partial charge in [-0.3, -0.25) is 14.1 Å². The lowest BCUT2D eigenvalue weighted by Gasteiger charge is -2.15. The molecule has 1 aromatic carbocycles. The molecule has 126 valence electrons. The zero-order valence-electron chi connectivity index (χ0n) is 12.6. The van der Waals surface area contributed by atoms with Gasteiger partial charge in [0, 0.05) is 17.5 Å². The van der Waals surface area contributed by atoms with Crippen molar-refractivity contribution in [3.8, 4) is 0 Å². The number of hydrogen-bond donors (Lipinski definition) is 3. The molecule has 0 spiro atoms. The minimum absolute atomic E-state index is 0.0610. The van der Waals surface area contributed by atoms with Crippen LogP contribution >= 0.6 is 0 Å². The molecule has 0 fully saturated rings. The minimum Gasteiger partial charge on any atom is -0.480 e. The Labute approximate surface area is 133 Å². The smallest absolute Gasteiger partial charge is 0.327 e. The Morgan fingerprint density at radius 1 is 1.22 bits per heavy atom. The van der Waals surface area contributed by atoms with Gasteiger partial charge in [-0.25, -0.2) is 4.79 Å². The largest absolute Gasteiger partial charge is 0.480 e. The molecule has 3 N–H and O–H groups in total. The van der Waals surface area contributed by atoms with E-state index in [1.54, 1.807) is 13.0 Å². The van der Waals surface area contributed by atoms with E-state index in [9.17, 15) is 22.8 Å². The molecule has 0 aliphatic rings. The summed E-state index contributed by atoms with van der Waals surface area (Å²) >= 11 is 0. The van der Waals surface area contributed by atoms with Gasteiger partial charge in [-0.1, -0.05) is 19.1 Å². The number of carboxylic acid groups (broad SMARTS) is 1. The lowest BCUT2D eigenvalue weighted by Crippen LogP contribution is -2.45. The Balaban J connectivity index is 3.10. The summed E-state index contributed by atoms with van der Waals surface area (Å²) in [5, 5.41) is 11.0. The van der Waals surface area contributed by atoms with E-state index in [1.807, 2.05) is 5.32 Å². The second kappa shape index (κ2) is 7.34. The summed E-state index contributed by atoms with van der Waals surface area (Å²) < 4.78 is 30.4. The molecular weight excluding hydrogens is 326 g/mol. The molecular formula is C14H17NO7S. The highest BCUT2D eigenvalue weighted by Gasteiger charge is 2.27. The molecule has 0 saturated carbocycles. The Hall–Kier alpha value is -2.26. The van der Waals surface area contributed by atoms with Crippen molar-refractivity contribution in [1.29, 1.82) is 0 Å². The molecule has 1 amide bonds. The number of carbonyl (C=O) groups excluding carboxylic acids is 2. The Bertz CT molecular complexity index is 739. The average molecular weight is 343 g/mol. The zero-order valence-corrected chi connectivity index (χ0v) is 13.4. The van der Waals surface area contributed by atoms with E-state index in [4.69, 9.17) is 9.66 Å². The fourth-order valence-corrected chi connectivity index (χ4v) is 2.64. The van der Waals surface area contributed by atoms with Crippen molar-refractivity contribution >= 4 is 27.8 Å². The number of ketones is 1. The summed E-state index contributed by atoms with van der Waals surface area (Å²) in [6.07, 6.45) is 0.242. The SMILES string of the molecule is CCC(=O)c1cccc(C(=O)NC(CS(=O)(=O)O)C(=O)O)c1C. The van der Waals surface area contributed by atoms with Crippen LogP contribution in [0.15, 0.2) is 18.2 Å². The normalized spacial score (nSPS) is 12.5. The molecule has 23 heavy (non-hydrogen) atoms. The summed E-state index contributed by atoms with van der Waals surface area (Å²) in [6.45, 7) is 3.21. The maximum atomic E-state index is 12.2. The van der Waals surface area contributed by atoms with Gasteiger partial charge in [0.1, 0.15) is 11.8 Å². The van der Waals surface area contributed by atoms with Gasteiger partial charge in [0.15, 0.2) is 5.78 Å². The predicted octanol–water partition coefficient (Wildman–Crippen LogP) is 0.659. The molecule has 0 bridgehead atoms. The van der Waals surface area contributed by atoms with E-state index in [0.29, 0.717) is 11.1 Å². The van der Waals surface area contributed by atoms with E-state index < -0.39 is 33.8 Å². The lowest BCUT2D eigenvalue weighted by molar-refractivity contribution is -0.138. The van der Waals surface area contributed by atoms with E-state index in [0.717, 1.165) is 0 Å². The van der Waals surface area contributed by atoms with E-state index in [-0.39, 0.29) is 17.8 Å². The van der Waals surface area contributed by atoms with Gasteiger partial charge < -0.3 is 10.4 Å². The van der Waals surface area contributed by atoms with Gasteiger partial charge in [0.05, 0.1) is 0 Å². The minimum atomic E-state index is -4.58. The molecule has 0 radical (unpaired) electrons. The van der Waals surface area contributed by atoms with Crippen LogP contribution in [-0.2, 0) is 14.9 Å². The number of amides is 1. The molecule has 0 saturated heterocycles. The quantitative estimate of drug-likeness (QED) is 0.488. The van der Waals surface area contributed by atoms with Crippen LogP contribution in [-0.4, -0.2) is 47.5 Å². The molecule has 0 aromatic heterocycles. The van der Waals surface area contributed by atoms with Crippen LogP contribution in [0.25, 0.3) is 0 Å². The third kappa shape index (κ3) is 5.15. The van der Waals surface area contributed by atoms with Crippen LogP contribution in [0.4, 0.5) is 0 Å². The maximum Gasteiger partial charge on any atom is 0.327 e. The molecule has 0 aliphatic carbocycles. The maximum absolute atomic E-state index is 12.2. The van der Waals surface area contributed by atoms with Crippen LogP contribution in [0.3, 0.4) is 0 Å². The van der Waals surface area contributed by atoms with E-state index in [2.05, 4.69) is 0 Å². The Morgan fingerprint density at radius 2 is 1.78 bits per heavy atom. The molecule has 1 atom stereocenters. The summed E-state index contributed by atoms with van der Waals surface area (Å²) in [5.74, 6) is -3.77. The van der Waals surface area contributed by atoms with Gasteiger partial charge in [-0.05, 0) is 18.6 Å². The molecule has 8 nitrogen and oxygen atoms in total. The van der Waals surface area contributed by atoms with Crippen molar-refractivity contribution in [3.63, 3.8) is 0 Å². The summed E-state index contributed by atoms with van der Waals surface area (Å²) in [5.41, 5.74) is 0.764. The van der Waals surface area contributed by atoms with Crippen LogP contribution in [0, 0.1) is 6.92 Å². The molecule has 1 rings (SSSR count). The van der Waals surface area contributed by atoms with Gasteiger partial charge >= 0.3 is 5.97 Å². The third-order valence-electron chi connectivity index (χ3n) is 3.18. The summed E-state index contributed by atoms with van der Waals surface area (Å²) in [6, 6.07) is 2.61. The lowest BCUT2D eigenvalue weighted by atomic mass is 9.97. The molecule has 0 aliphatic heterocycles. The monoisotopic (exact) mass is 343 g/mol. The van der Waals surface area contributed by atoms with Gasteiger partial charge in [0.25, 0.3) is 16.0 Å². The van der Waals surface area contributed by atoms with Crippen molar-refractivity contribution in [2.24, 2.45) is 0 Å². The number of carbonyl (C=O) groups is 3.